The average Bonchev–Trinajstić information content (AvgIpc) is 2.12. The average molecular weight is 161 g/mol. The zero-order valence-electron chi connectivity index (χ0n) is 5.51. The molecule has 0 atom stereocenters. The number of aromatic amines is 1. The van der Waals surface area contributed by atoms with Gasteiger partial charge in [-0.15, -0.1) is 0 Å². The van der Waals surface area contributed by atoms with Crippen molar-refractivity contribution in [2.45, 2.75) is 13.8 Å². The second-order valence-electron chi connectivity index (χ2n) is 1.99. The van der Waals surface area contributed by atoms with Crippen LogP contribution in [0.25, 0.3) is 0 Å². The topological polar surface area (TPSA) is 28.7 Å². The Morgan fingerprint density at radius 1 is 1.56 bits per heavy atom. The quantitative estimate of drug-likeness (QED) is 0.619. The third-order valence-corrected chi connectivity index (χ3v) is 1.08. The van der Waals surface area contributed by atoms with Crippen molar-refractivity contribution in [2.24, 2.45) is 0 Å². The SMILES string of the molecule is C[C-](C)c1cn[nH]c1.[Cr]. The fourth-order valence-electron chi connectivity index (χ4n) is 0.524. The maximum Gasteiger partial charge on any atom is 0 e. The number of aromatic nitrogens is 2. The Morgan fingerprint density at radius 2 is 2.22 bits per heavy atom. The van der Waals surface area contributed by atoms with Gasteiger partial charge in [0.25, 0.3) is 0 Å². The van der Waals surface area contributed by atoms with Gasteiger partial charge in [0.1, 0.15) is 0 Å². The van der Waals surface area contributed by atoms with Crippen LogP contribution in [-0.2, 0) is 17.4 Å². The van der Waals surface area contributed by atoms with E-state index in [4.69, 9.17) is 0 Å². The summed E-state index contributed by atoms with van der Waals surface area (Å²) in [5.41, 5.74) is 1.19. The molecular weight excluding hydrogens is 152 g/mol. The van der Waals surface area contributed by atoms with E-state index in [-0.39, 0.29) is 17.4 Å². The first-order valence-electron chi connectivity index (χ1n) is 2.60. The van der Waals surface area contributed by atoms with E-state index in [1.165, 1.54) is 11.5 Å². The maximum absolute atomic E-state index is 3.80. The van der Waals surface area contributed by atoms with Gasteiger partial charge in [-0.3, -0.25) is 5.10 Å². The summed E-state index contributed by atoms with van der Waals surface area (Å²) in [6.07, 6.45) is 3.70. The van der Waals surface area contributed by atoms with E-state index in [9.17, 15) is 0 Å². The van der Waals surface area contributed by atoms with Crippen LogP contribution in [0.2, 0.25) is 0 Å². The number of nitrogens with zero attached hydrogens (tertiary/aromatic N) is 1. The molecule has 1 N–H and O–H groups in total. The van der Waals surface area contributed by atoms with Crippen LogP contribution in [0.15, 0.2) is 12.4 Å². The fourth-order valence-corrected chi connectivity index (χ4v) is 0.524. The van der Waals surface area contributed by atoms with Crippen molar-refractivity contribution in [3.63, 3.8) is 0 Å². The number of H-pyrrole nitrogens is 1. The van der Waals surface area contributed by atoms with Gasteiger partial charge in [0.15, 0.2) is 0 Å². The zero-order chi connectivity index (χ0) is 5.98. The number of hydrogen-bond donors (Lipinski definition) is 1. The van der Waals surface area contributed by atoms with E-state index < -0.39 is 0 Å². The molecule has 0 fully saturated rings. The van der Waals surface area contributed by atoms with Crippen LogP contribution in [0.1, 0.15) is 19.4 Å². The molecule has 1 aromatic rings. The summed E-state index contributed by atoms with van der Waals surface area (Å²) >= 11 is 0. The first kappa shape index (κ1) is 8.61. The smallest absolute Gasteiger partial charge is 0 e. The monoisotopic (exact) mass is 161 g/mol. The van der Waals surface area contributed by atoms with Crippen LogP contribution >= 0.6 is 0 Å². The van der Waals surface area contributed by atoms with Gasteiger partial charge in [-0.05, 0) is 0 Å². The Balaban J connectivity index is 0.000000640. The minimum absolute atomic E-state index is 0. The van der Waals surface area contributed by atoms with Crippen molar-refractivity contribution in [2.75, 3.05) is 0 Å². The van der Waals surface area contributed by atoms with Crippen molar-refractivity contribution in [3.05, 3.63) is 23.9 Å². The van der Waals surface area contributed by atoms with Crippen molar-refractivity contribution >= 4 is 0 Å². The Hall–Kier alpha value is -0.388. The summed E-state index contributed by atoms with van der Waals surface area (Å²) < 4.78 is 0. The molecule has 1 aromatic heterocycles. The summed E-state index contributed by atoms with van der Waals surface area (Å²) in [6.45, 7) is 4.12. The Labute approximate surface area is 65.8 Å². The molecule has 50 valence electrons. The minimum atomic E-state index is 0. The van der Waals surface area contributed by atoms with Crippen molar-refractivity contribution in [1.82, 2.24) is 10.2 Å². The molecule has 0 saturated carbocycles. The molecule has 9 heavy (non-hydrogen) atoms. The van der Waals surface area contributed by atoms with Gasteiger partial charge < -0.3 is 5.10 Å². The van der Waals surface area contributed by atoms with Crippen LogP contribution in [-0.4, -0.2) is 10.2 Å². The van der Waals surface area contributed by atoms with Crippen LogP contribution < -0.4 is 0 Å². The molecule has 0 aliphatic carbocycles. The first-order chi connectivity index (χ1) is 3.80. The molecule has 0 saturated heterocycles. The minimum Gasteiger partial charge on any atom is -0.351 e. The number of nitrogens with one attached hydrogen (secondary N) is 1. The van der Waals surface area contributed by atoms with E-state index >= 15 is 0 Å². The number of rotatable bonds is 1. The van der Waals surface area contributed by atoms with Gasteiger partial charge in [0.05, 0.1) is 0 Å². The summed E-state index contributed by atoms with van der Waals surface area (Å²) in [6, 6.07) is 0. The zero-order valence-corrected chi connectivity index (χ0v) is 6.79. The van der Waals surface area contributed by atoms with Gasteiger partial charge in [-0.25, -0.2) is 0 Å². The molecule has 0 bridgehead atoms. The van der Waals surface area contributed by atoms with Crippen molar-refractivity contribution in [1.29, 1.82) is 0 Å². The fraction of sp³-hybridized carbons (Fsp3) is 0.333. The van der Waals surface area contributed by atoms with E-state index in [1.807, 2.05) is 12.4 Å². The molecule has 1 heterocycles. The van der Waals surface area contributed by atoms with Crippen molar-refractivity contribution in [3.8, 4) is 0 Å². The molecular formula is C6H9CrN2-. The van der Waals surface area contributed by atoms with Crippen LogP contribution in [0.4, 0.5) is 0 Å². The normalized spacial score (nSPS) is 8.22. The standard InChI is InChI=1S/C6H9N2.Cr/c1-5(2)6-3-7-8-4-6;/h3-4H,1-2H3,(H,7,8);/q-1;. The molecule has 0 aliphatic rings. The van der Waals surface area contributed by atoms with Crippen molar-refractivity contribution < 1.29 is 17.4 Å². The van der Waals surface area contributed by atoms with Crippen LogP contribution in [0.3, 0.4) is 0 Å². The second kappa shape index (κ2) is 3.60. The Bertz CT molecular complexity index is 146. The van der Waals surface area contributed by atoms with Gasteiger partial charge in [0.2, 0.25) is 0 Å². The van der Waals surface area contributed by atoms with E-state index in [1.54, 1.807) is 0 Å². The third kappa shape index (κ3) is 2.13. The molecule has 0 aliphatic heterocycles. The van der Waals surface area contributed by atoms with Gasteiger partial charge in [-0.1, -0.05) is 26.2 Å². The first-order valence-corrected chi connectivity index (χ1v) is 2.60. The molecule has 0 radical (unpaired) electrons. The maximum atomic E-state index is 3.80. The predicted molar refractivity (Wildman–Crippen MR) is 32.3 cm³/mol. The second-order valence-corrected chi connectivity index (χ2v) is 1.99. The van der Waals surface area contributed by atoms with Gasteiger partial charge >= 0.3 is 0 Å². The number of hydrogen-bond acceptors (Lipinski definition) is 1. The largest absolute Gasteiger partial charge is 0.351 e. The molecule has 0 unspecified atom stereocenters. The molecule has 3 heteroatoms. The Kier molecular flexibility index (Phi) is 3.45. The van der Waals surface area contributed by atoms with Crippen LogP contribution in [0, 0.1) is 5.92 Å². The molecule has 1 rings (SSSR count). The van der Waals surface area contributed by atoms with Gasteiger partial charge in [-0.2, -0.15) is 11.5 Å². The summed E-state index contributed by atoms with van der Waals surface area (Å²) in [4.78, 5) is 0. The summed E-state index contributed by atoms with van der Waals surface area (Å²) in [5.74, 6) is 1.29. The van der Waals surface area contributed by atoms with E-state index in [2.05, 4.69) is 24.0 Å². The summed E-state index contributed by atoms with van der Waals surface area (Å²) in [7, 11) is 0. The van der Waals surface area contributed by atoms with Gasteiger partial charge in [0, 0.05) is 17.4 Å². The summed E-state index contributed by atoms with van der Waals surface area (Å²) in [5, 5.41) is 6.54. The Morgan fingerprint density at radius 3 is 2.44 bits per heavy atom. The van der Waals surface area contributed by atoms with E-state index in [0.29, 0.717) is 0 Å². The molecule has 0 spiro atoms. The predicted octanol–water partition coefficient (Wildman–Crippen LogP) is 1.37. The molecule has 0 aromatic carbocycles. The third-order valence-electron chi connectivity index (χ3n) is 1.08. The molecule has 0 amide bonds. The van der Waals surface area contributed by atoms with Crippen LogP contribution in [0.5, 0.6) is 0 Å². The van der Waals surface area contributed by atoms with E-state index in [0.717, 1.165) is 0 Å². The molecule has 2 nitrogen and oxygen atoms in total.